The minimum Gasteiger partial charge on any atom is -0.481 e. The van der Waals surface area contributed by atoms with Gasteiger partial charge in [0.1, 0.15) is 12.1 Å². The number of ether oxygens (including phenoxy) is 1. The van der Waals surface area contributed by atoms with Gasteiger partial charge in [0.2, 0.25) is 5.88 Å². The van der Waals surface area contributed by atoms with E-state index in [2.05, 4.69) is 20.0 Å². The van der Waals surface area contributed by atoms with Crippen molar-refractivity contribution in [3.63, 3.8) is 0 Å². The number of anilines is 2. The number of amides is 1. The highest BCUT2D eigenvalue weighted by Crippen LogP contribution is 2.19. The van der Waals surface area contributed by atoms with Crippen LogP contribution in [0.4, 0.5) is 11.5 Å². The Hall–Kier alpha value is -3.46. The molecular weight excluding hydrogens is 368 g/mol. The lowest BCUT2D eigenvalue weighted by atomic mass is 10.2. The summed E-state index contributed by atoms with van der Waals surface area (Å²) in [5, 5.41) is 2.71. The lowest BCUT2D eigenvalue weighted by Crippen LogP contribution is -2.15. The number of hydrogen-bond acceptors (Lipinski definition) is 6. The number of carbonyl (C=O) groups is 1. The quantitative estimate of drug-likeness (QED) is 0.676. The van der Waals surface area contributed by atoms with Gasteiger partial charge in [-0.1, -0.05) is 18.2 Å². The molecule has 2 aromatic carbocycles. The van der Waals surface area contributed by atoms with Crippen LogP contribution in [-0.4, -0.2) is 31.4 Å². The van der Waals surface area contributed by atoms with Gasteiger partial charge in [0.15, 0.2) is 0 Å². The first kappa shape index (κ1) is 18.3. The summed E-state index contributed by atoms with van der Waals surface area (Å²) < 4.78 is 32.2. The van der Waals surface area contributed by atoms with Gasteiger partial charge in [0.05, 0.1) is 12.0 Å². The summed E-state index contributed by atoms with van der Waals surface area (Å²) in [7, 11) is -2.42. The fourth-order valence-corrected chi connectivity index (χ4v) is 3.21. The van der Waals surface area contributed by atoms with Crippen molar-refractivity contribution in [1.29, 1.82) is 0 Å². The van der Waals surface area contributed by atoms with Gasteiger partial charge in [0, 0.05) is 17.3 Å². The van der Waals surface area contributed by atoms with Crippen LogP contribution < -0.4 is 14.8 Å². The molecule has 1 heterocycles. The van der Waals surface area contributed by atoms with E-state index in [1.54, 1.807) is 24.3 Å². The summed E-state index contributed by atoms with van der Waals surface area (Å²) in [4.78, 5) is 19.8. The van der Waals surface area contributed by atoms with Crippen molar-refractivity contribution < 1.29 is 17.9 Å². The first-order chi connectivity index (χ1) is 13.0. The Labute approximate surface area is 156 Å². The molecule has 3 aromatic rings. The van der Waals surface area contributed by atoms with Crippen LogP contribution in [0.2, 0.25) is 0 Å². The number of sulfonamides is 1. The summed E-state index contributed by atoms with van der Waals surface area (Å²) in [6.45, 7) is 0. The third-order valence-corrected chi connectivity index (χ3v) is 4.92. The van der Waals surface area contributed by atoms with E-state index in [4.69, 9.17) is 4.74 Å². The predicted molar refractivity (Wildman–Crippen MR) is 100 cm³/mol. The van der Waals surface area contributed by atoms with Crippen molar-refractivity contribution in [2.75, 3.05) is 17.1 Å². The topological polar surface area (TPSA) is 110 Å². The molecule has 2 N–H and O–H groups in total. The minimum absolute atomic E-state index is 0.0257. The van der Waals surface area contributed by atoms with E-state index < -0.39 is 10.0 Å². The number of rotatable bonds is 6. The predicted octanol–water partition coefficient (Wildman–Crippen LogP) is 2.54. The zero-order chi connectivity index (χ0) is 19.3. The van der Waals surface area contributed by atoms with Gasteiger partial charge < -0.3 is 10.1 Å². The van der Waals surface area contributed by atoms with Crippen LogP contribution in [-0.2, 0) is 10.0 Å². The first-order valence-electron chi connectivity index (χ1n) is 7.83. The zero-order valence-electron chi connectivity index (χ0n) is 14.3. The Balaban J connectivity index is 1.73. The molecule has 0 aliphatic carbocycles. The minimum atomic E-state index is -3.84. The largest absolute Gasteiger partial charge is 0.481 e. The van der Waals surface area contributed by atoms with E-state index in [1.807, 2.05) is 6.07 Å². The van der Waals surface area contributed by atoms with Crippen molar-refractivity contribution >= 4 is 27.4 Å². The van der Waals surface area contributed by atoms with Crippen LogP contribution in [0, 0.1) is 0 Å². The Morgan fingerprint density at radius 1 is 1.00 bits per heavy atom. The lowest BCUT2D eigenvalue weighted by molar-refractivity contribution is 0.102. The second-order valence-electron chi connectivity index (χ2n) is 5.40. The van der Waals surface area contributed by atoms with Gasteiger partial charge in [-0.2, -0.15) is 0 Å². The Morgan fingerprint density at radius 2 is 1.70 bits per heavy atom. The molecule has 0 aliphatic rings. The maximum Gasteiger partial charge on any atom is 0.263 e. The highest BCUT2D eigenvalue weighted by molar-refractivity contribution is 7.92. The van der Waals surface area contributed by atoms with E-state index in [1.165, 1.54) is 43.8 Å². The molecule has 8 nitrogen and oxygen atoms in total. The Bertz CT molecular complexity index is 1040. The van der Waals surface area contributed by atoms with Gasteiger partial charge in [-0.25, -0.2) is 18.4 Å². The Morgan fingerprint density at radius 3 is 2.37 bits per heavy atom. The maximum atomic E-state index is 12.5. The lowest BCUT2D eigenvalue weighted by Gasteiger charge is -2.09. The number of carbonyl (C=O) groups excluding carboxylic acids is 1. The smallest absolute Gasteiger partial charge is 0.263 e. The van der Waals surface area contributed by atoms with E-state index in [-0.39, 0.29) is 22.5 Å². The van der Waals surface area contributed by atoms with E-state index in [0.29, 0.717) is 11.3 Å². The number of methoxy groups -OCH3 is 1. The average molecular weight is 384 g/mol. The first-order valence-corrected chi connectivity index (χ1v) is 9.31. The van der Waals surface area contributed by atoms with Crippen LogP contribution in [0.1, 0.15) is 10.4 Å². The molecule has 0 saturated heterocycles. The monoisotopic (exact) mass is 384 g/mol. The van der Waals surface area contributed by atoms with Crippen molar-refractivity contribution in [3.8, 4) is 5.88 Å². The molecule has 9 heteroatoms. The molecule has 1 aromatic heterocycles. The third kappa shape index (κ3) is 4.59. The highest BCUT2D eigenvalue weighted by atomic mass is 32.2. The van der Waals surface area contributed by atoms with Gasteiger partial charge >= 0.3 is 0 Å². The average Bonchev–Trinajstić information content (AvgIpc) is 2.69. The van der Waals surface area contributed by atoms with E-state index in [9.17, 15) is 13.2 Å². The molecule has 0 aliphatic heterocycles. The molecule has 0 fully saturated rings. The summed E-state index contributed by atoms with van der Waals surface area (Å²) in [5.74, 6) is 0.0439. The number of aromatic nitrogens is 2. The highest BCUT2D eigenvalue weighted by Gasteiger charge is 2.16. The van der Waals surface area contributed by atoms with E-state index >= 15 is 0 Å². The molecule has 0 saturated carbocycles. The molecule has 27 heavy (non-hydrogen) atoms. The van der Waals surface area contributed by atoms with Crippen molar-refractivity contribution in [1.82, 2.24) is 9.97 Å². The van der Waals surface area contributed by atoms with Gasteiger partial charge in [0.25, 0.3) is 15.9 Å². The second-order valence-corrected chi connectivity index (χ2v) is 7.08. The number of hydrogen-bond donors (Lipinski definition) is 2. The SMILES string of the molecule is COc1cc(NS(=O)(=O)c2ccc(NC(=O)c3ccccc3)cc2)ncn1. The standard InChI is InChI=1S/C18H16N4O4S/c1-26-17-11-16(19-12-20-17)22-27(24,25)15-9-7-14(8-10-15)21-18(23)13-5-3-2-4-6-13/h2-12H,1H3,(H,21,23)(H,19,20,22). The van der Waals surface area contributed by atoms with Crippen molar-refractivity contribution in [3.05, 3.63) is 72.6 Å². The third-order valence-electron chi connectivity index (χ3n) is 3.55. The summed E-state index contributed by atoms with van der Waals surface area (Å²) in [6.07, 6.45) is 1.19. The number of benzene rings is 2. The van der Waals surface area contributed by atoms with Crippen LogP contribution in [0.25, 0.3) is 0 Å². The number of nitrogens with one attached hydrogen (secondary N) is 2. The van der Waals surface area contributed by atoms with Crippen LogP contribution in [0.3, 0.4) is 0 Å². The fraction of sp³-hybridized carbons (Fsp3) is 0.0556. The molecule has 0 bridgehead atoms. The Kier molecular flexibility index (Phi) is 5.32. The van der Waals surface area contributed by atoms with Crippen LogP contribution in [0.15, 0.2) is 71.9 Å². The molecule has 0 spiro atoms. The zero-order valence-corrected chi connectivity index (χ0v) is 15.1. The van der Waals surface area contributed by atoms with Crippen molar-refractivity contribution in [2.45, 2.75) is 4.90 Å². The second kappa shape index (κ2) is 7.83. The maximum absolute atomic E-state index is 12.5. The molecular formula is C18H16N4O4S. The van der Waals surface area contributed by atoms with E-state index in [0.717, 1.165) is 0 Å². The van der Waals surface area contributed by atoms with Crippen molar-refractivity contribution in [2.24, 2.45) is 0 Å². The van der Waals surface area contributed by atoms with Gasteiger partial charge in [-0.05, 0) is 36.4 Å². The molecule has 3 rings (SSSR count). The van der Waals surface area contributed by atoms with Crippen LogP contribution >= 0.6 is 0 Å². The molecule has 138 valence electrons. The summed E-state index contributed by atoms with van der Waals surface area (Å²) >= 11 is 0. The van der Waals surface area contributed by atoms with Gasteiger partial charge in [-0.15, -0.1) is 0 Å². The van der Waals surface area contributed by atoms with Crippen LogP contribution in [0.5, 0.6) is 5.88 Å². The number of nitrogens with zero attached hydrogens (tertiary/aromatic N) is 2. The molecule has 0 atom stereocenters. The molecule has 0 unspecified atom stereocenters. The summed E-state index contributed by atoms with van der Waals surface area (Å²) in [6, 6.07) is 15.9. The molecule has 1 amide bonds. The normalized spacial score (nSPS) is 10.9. The molecule has 0 radical (unpaired) electrons. The summed E-state index contributed by atoms with van der Waals surface area (Å²) in [5.41, 5.74) is 0.986. The fourth-order valence-electron chi connectivity index (χ4n) is 2.21. The van der Waals surface area contributed by atoms with Gasteiger partial charge in [-0.3, -0.25) is 9.52 Å².